The van der Waals surface area contributed by atoms with Gasteiger partial charge in [-0.15, -0.1) is 0 Å². The Kier molecular flexibility index (Phi) is 3.40. The first-order valence-electron chi connectivity index (χ1n) is 5.17. The molecule has 0 aliphatic heterocycles. The molecule has 0 aliphatic rings. The van der Waals surface area contributed by atoms with Crippen LogP contribution in [0.4, 0.5) is 5.69 Å². The zero-order chi connectivity index (χ0) is 12.1. The molecule has 0 radical (unpaired) electrons. The molecule has 0 amide bonds. The van der Waals surface area contributed by atoms with Crippen LogP contribution < -0.4 is 5.73 Å². The van der Waals surface area contributed by atoms with Crippen molar-refractivity contribution in [2.75, 3.05) is 12.3 Å². The van der Waals surface area contributed by atoms with E-state index in [1.54, 1.807) is 0 Å². The average Bonchev–Trinajstić information content (AvgIpc) is 2.73. The third-order valence-corrected chi connectivity index (χ3v) is 2.36. The van der Waals surface area contributed by atoms with E-state index >= 15 is 0 Å². The Morgan fingerprint density at radius 2 is 2.12 bits per heavy atom. The van der Waals surface area contributed by atoms with Crippen molar-refractivity contribution in [3.8, 4) is 11.3 Å². The lowest BCUT2D eigenvalue weighted by Crippen LogP contribution is -2.00. The molecule has 5 nitrogen and oxygen atoms in total. The van der Waals surface area contributed by atoms with Gasteiger partial charge in [0, 0.05) is 12.0 Å². The molecular formula is C12H12N2O3. The van der Waals surface area contributed by atoms with Crippen LogP contribution >= 0.6 is 0 Å². The second kappa shape index (κ2) is 5.16. The number of ether oxygens (including phenoxy) is 1. The van der Waals surface area contributed by atoms with E-state index in [4.69, 9.17) is 10.3 Å². The minimum atomic E-state index is 0.245. The van der Waals surface area contributed by atoms with Crippen molar-refractivity contribution in [1.29, 1.82) is 0 Å². The normalized spacial score (nSPS) is 10.1. The summed E-state index contributed by atoms with van der Waals surface area (Å²) in [6.07, 6.45) is 0.445. The van der Waals surface area contributed by atoms with Gasteiger partial charge >= 0.3 is 0 Å². The summed E-state index contributed by atoms with van der Waals surface area (Å²) in [5.41, 5.74) is 7.89. The Morgan fingerprint density at radius 1 is 1.35 bits per heavy atom. The number of nitrogens with zero attached hydrogens (tertiary/aromatic N) is 1. The summed E-state index contributed by atoms with van der Waals surface area (Å²) in [5, 5.41) is 3.87. The maximum Gasteiger partial charge on any atom is 0.293 e. The standard InChI is InChI=1S/C12H12N2O3/c13-11-10(6-7-16-8-15)14-17-12(11)9-4-2-1-3-5-9/h1-5,8H,6-7,13H2. The van der Waals surface area contributed by atoms with Crippen molar-refractivity contribution in [1.82, 2.24) is 5.16 Å². The molecule has 1 aromatic carbocycles. The van der Waals surface area contributed by atoms with E-state index in [9.17, 15) is 4.79 Å². The van der Waals surface area contributed by atoms with Crippen molar-refractivity contribution in [3.05, 3.63) is 36.0 Å². The van der Waals surface area contributed by atoms with Crippen molar-refractivity contribution in [3.63, 3.8) is 0 Å². The van der Waals surface area contributed by atoms with Gasteiger partial charge in [-0.05, 0) is 0 Å². The number of carbonyl (C=O) groups is 1. The van der Waals surface area contributed by atoms with Gasteiger partial charge in [0.2, 0.25) is 0 Å². The van der Waals surface area contributed by atoms with Gasteiger partial charge in [0.15, 0.2) is 5.76 Å². The molecule has 2 aromatic rings. The van der Waals surface area contributed by atoms with Crippen LogP contribution in [0.1, 0.15) is 5.69 Å². The lowest BCUT2D eigenvalue weighted by atomic mass is 10.1. The van der Waals surface area contributed by atoms with Crippen LogP contribution in [0, 0.1) is 0 Å². The SMILES string of the molecule is Nc1c(CCOC=O)noc1-c1ccccc1. The maximum atomic E-state index is 10.0. The first kappa shape index (κ1) is 11.2. The second-order valence-corrected chi connectivity index (χ2v) is 3.46. The number of hydrogen-bond acceptors (Lipinski definition) is 5. The number of aromatic nitrogens is 1. The van der Waals surface area contributed by atoms with Gasteiger partial charge in [-0.1, -0.05) is 35.5 Å². The molecule has 1 heterocycles. The van der Waals surface area contributed by atoms with Crippen molar-refractivity contribution < 1.29 is 14.1 Å². The minimum absolute atomic E-state index is 0.245. The highest BCUT2D eigenvalue weighted by Crippen LogP contribution is 2.28. The average molecular weight is 232 g/mol. The zero-order valence-corrected chi connectivity index (χ0v) is 9.13. The summed E-state index contributed by atoms with van der Waals surface area (Å²) in [5.74, 6) is 0.548. The topological polar surface area (TPSA) is 78.4 Å². The number of hydrogen-bond donors (Lipinski definition) is 1. The van der Waals surface area contributed by atoms with Crippen LogP contribution in [0.3, 0.4) is 0 Å². The van der Waals surface area contributed by atoms with Crippen molar-refractivity contribution in [2.45, 2.75) is 6.42 Å². The van der Waals surface area contributed by atoms with Crippen LogP contribution in [-0.2, 0) is 16.0 Å². The number of carbonyl (C=O) groups excluding carboxylic acids is 1. The van der Waals surface area contributed by atoms with E-state index < -0.39 is 0 Å². The molecular weight excluding hydrogens is 220 g/mol. The van der Waals surface area contributed by atoms with E-state index in [2.05, 4.69) is 9.89 Å². The summed E-state index contributed by atoms with van der Waals surface area (Å²) in [4.78, 5) is 10.0. The molecule has 17 heavy (non-hydrogen) atoms. The van der Waals surface area contributed by atoms with E-state index in [0.717, 1.165) is 5.56 Å². The Balaban J connectivity index is 2.18. The summed E-state index contributed by atoms with van der Waals surface area (Å²) in [6.45, 7) is 0.642. The van der Waals surface area contributed by atoms with Crippen LogP contribution in [0.2, 0.25) is 0 Å². The van der Waals surface area contributed by atoms with E-state index in [0.29, 0.717) is 30.0 Å². The molecule has 1 aromatic heterocycles. The van der Waals surface area contributed by atoms with Gasteiger partial charge in [-0.2, -0.15) is 0 Å². The third-order valence-electron chi connectivity index (χ3n) is 2.36. The van der Waals surface area contributed by atoms with E-state index in [1.807, 2.05) is 30.3 Å². The number of rotatable bonds is 5. The summed E-state index contributed by atoms with van der Waals surface area (Å²) >= 11 is 0. The lowest BCUT2D eigenvalue weighted by Gasteiger charge is -1.98. The van der Waals surface area contributed by atoms with Crippen LogP contribution in [0.15, 0.2) is 34.9 Å². The molecule has 2 N–H and O–H groups in total. The van der Waals surface area contributed by atoms with Gasteiger partial charge < -0.3 is 15.0 Å². The van der Waals surface area contributed by atoms with Crippen molar-refractivity contribution in [2.24, 2.45) is 0 Å². The highest BCUT2D eigenvalue weighted by atomic mass is 16.5. The largest absolute Gasteiger partial charge is 0.467 e. The van der Waals surface area contributed by atoms with Crippen molar-refractivity contribution >= 4 is 12.2 Å². The fraction of sp³-hybridized carbons (Fsp3) is 0.167. The van der Waals surface area contributed by atoms with Gasteiger partial charge in [0.05, 0.1) is 6.61 Å². The third kappa shape index (κ3) is 2.44. The first-order valence-corrected chi connectivity index (χ1v) is 5.17. The van der Waals surface area contributed by atoms with Gasteiger partial charge in [-0.25, -0.2) is 0 Å². The molecule has 88 valence electrons. The van der Waals surface area contributed by atoms with Gasteiger partial charge in [0.1, 0.15) is 11.4 Å². The fourth-order valence-electron chi connectivity index (χ4n) is 1.51. The Morgan fingerprint density at radius 3 is 2.82 bits per heavy atom. The molecule has 0 unspecified atom stereocenters. The Hall–Kier alpha value is -2.30. The zero-order valence-electron chi connectivity index (χ0n) is 9.13. The molecule has 0 saturated heterocycles. The number of nitrogens with two attached hydrogens (primary N) is 1. The predicted molar refractivity (Wildman–Crippen MR) is 62.1 cm³/mol. The second-order valence-electron chi connectivity index (χ2n) is 3.46. The lowest BCUT2D eigenvalue weighted by molar-refractivity contribution is -0.128. The molecule has 0 saturated carbocycles. The smallest absolute Gasteiger partial charge is 0.293 e. The fourth-order valence-corrected chi connectivity index (χ4v) is 1.51. The molecule has 0 spiro atoms. The van der Waals surface area contributed by atoms with Crippen LogP contribution in [0.25, 0.3) is 11.3 Å². The van der Waals surface area contributed by atoms with Crippen LogP contribution in [-0.4, -0.2) is 18.2 Å². The summed E-state index contributed by atoms with van der Waals surface area (Å²) < 4.78 is 9.78. The number of anilines is 1. The molecule has 2 rings (SSSR count). The van der Waals surface area contributed by atoms with E-state index in [-0.39, 0.29) is 6.61 Å². The maximum absolute atomic E-state index is 10.0. The molecule has 5 heteroatoms. The molecule has 0 bridgehead atoms. The Labute approximate surface area is 98.2 Å². The van der Waals surface area contributed by atoms with Gasteiger partial charge in [-0.3, -0.25) is 4.79 Å². The molecule has 0 atom stereocenters. The first-order chi connectivity index (χ1) is 8.33. The monoisotopic (exact) mass is 232 g/mol. The predicted octanol–water partition coefficient (Wildman–Crippen LogP) is 1.64. The Bertz CT molecular complexity index is 494. The quantitative estimate of drug-likeness (QED) is 0.626. The molecule has 0 fully saturated rings. The number of benzene rings is 1. The minimum Gasteiger partial charge on any atom is -0.467 e. The summed E-state index contributed by atoms with van der Waals surface area (Å²) in [6, 6.07) is 9.49. The number of nitrogen functional groups attached to an aromatic ring is 1. The highest BCUT2D eigenvalue weighted by molar-refractivity contribution is 5.72. The summed E-state index contributed by atoms with van der Waals surface area (Å²) in [7, 11) is 0. The van der Waals surface area contributed by atoms with E-state index in [1.165, 1.54) is 0 Å². The molecule has 0 aliphatic carbocycles. The highest BCUT2D eigenvalue weighted by Gasteiger charge is 2.14. The van der Waals surface area contributed by atoms with Crippen LogP contribution in [0.5, 0.6) is 0 Å². The van der Waals surface area contributed by atoms with Gasteiger partial charge in [0.25, 0.3) is 6.47 Å².